The van der Waals surface area contributed by atoms with Gasteiger partial charge in [-0.25, -0.2) is 0 Å². The molecule has 11 aromatic rings. The van der Waals surface area contributed by atoms with E-state index in [0.29, 0.717) is 0 Å². The van der Waals surface area contributed by atoms with Gasteiger partial charge in [0.25, 0.3) is 0 Å². The first-order chi connectivity index (χ1) is 29.5. The molecule has 12 rings (SSSR count). The topological polar surface area (TPSA) is 21.3 Å². The van der Waals surface area contributed by atoms with Crippen LogP contribution in [0.2, 0.25) is 0 Å². The maximum Gasteiger partial charge on any atom is 0.135 e. The minimum Gasteiger partial charge on any atom is -0.456 e. The molecule has 0 bridgehead atoms. The Hall–Kier alpha value is -7.62. The molecule has 0 unspecified atom stereocenters. The Morgan fingerprint density at radius 3 is 1.88 bits per heavy atom. The average molecular weight is 769 g/mol. The maximum absolute atomic E-state index is 6.19. The third-order valence-electron chi connectivity index (χ3n) is 12.8. The summed E-state index contributed by atoms with van der Waals surface area (Å²) in [6, 6.07) is 75.0. The van der Waals surface area contributed by atoms with Crippen molar-refractivity contribution in [2.24, 2.45) is 0 Å². The molecule has 1 aliphatic rings. The SMILES string of the molecule is CC1(C)c2ccccc2-c2ccc(N(c3ccc(-c4ccc5c(c4)c4ccccc4n5-c4ccccc4)cc3)c3cccc(-c4ccc5oc6ccccc6c5c4)c3)cc21. The largest absolute Gasteiger partial charge is 0.456 e. The first-order valence-corrected chi connectivity index (χ1v) is 20.7. The predicted molar refractivity (Wildman–Crippen MR) is 251 cm³/mol. The van der Waals surface area contributed by atoms with Crippen LogP contribution in [0.5, 0.6) is 0 Å². The lowest BCUT2D eigenvalue weighted by Gasteiger charge is -2.28. The van der Waals surface area contributed by atoms with E-state index in [4.69, 9.17) is 4.42 Å². The van der Waals surface area contributed by atoms with Gasteiger partial charge in [-0.1, -0.05) is 135 Å². The molecule has 60 heavy (non-hydrogen) atoms. The quantitative estimate of drug-likeness (QED) is 0.168. The summed E-state index contributed by atoms with van der Waals surface area (Å²) < 4.78 is 8.56. The zero-order chi connectivity index (χ0) is 40.0. The van der Waals surface area contributed by atoms with Crippen molar-refractivity contribution in [2.75, 3.05) is 4.90 Å². The summed E-state index contributed by atoms with van der Waals surface area (Å²) in [5.74, 6) is 0. The highest BCUT2D eigenvalue weighted by Crippen LogP contribution is 2.51. The summed E-state index contributed by atoms with van der Waals surface area (Å²) in [7, 11) is 0. The van der Waals surface area contributed by atoms with Crippen molar-refractivity contribution in [1.82, 2.24) is 4.57 Å². The standard InChI is InChI=1S/C57H40N2O/c1-57(2)51-20-9-6-17-45(51)46-30-29-44(36-52(46)57)58(43-16-12-13-38(33-43)40-26-32-56-50(35-40)48-19-8-11-22-55(48)60-56)42-27-23-37(24-28-42)39-25-31-54-49(34-39)47-18-7-10-21-53(47)59(54)41-14-4-3-5-15-41/h3-36H,1-2H3. The summed E-state index contributed by atoms with van der Waals surface area (Å²) in [5, 5.41) is 4.76. The lowest BCUT2D eigenvalue weighted by Crippen LogP contribution is -2.16. The van der Waals surface area contributed by atoms with Gasteiger partial charge in [-0.2, -0.15) is 0 Å². The molecule has 3 nitrogen and oxygen atoms in total. The van der Waals surface area contributed by atoms with Gasteiger partial charge in [0, 0.05) is 49.7 Å². The molecular weight excluding hydrogens is 729 g/mol. The van der Waals surface area contributed by atoms with Gasteiger partial charge in [0.15, 0.2) is 0 Å². The Bertz CT molecular complexity index is 3460. The molecule has 2 heterocycles. The van der Waals surface area contributed by atoms with E-state index in [2.05, 4.69) is 217 Å². The molecule has 0 amide bonds. The van der Waals surface area contributed by atoms with Crippen molar-refractivity contribution in [3.8, 4) is 39.1 Å². The molecule has 0 N–H and O–H groups in total. The fraction of sp³-hybridized carbons (Fsp3) is 0.0526. The smallest absolute Gasteiger partial charge is 0.135 e. The van der Waals surface area contributed by atoms with E-state index in [1.54, 1.807) is 0 Å². The van der Waals surface area contributed by atoms with Gasteiger partial charge in [-0.05, 0) is 129 Å². The Balaban J connectivity index is 0.979. The van der Waals surface area contributed by atoms with Crippen molar-refractivity contribution in [2.45, 2.75) is 19.3 Å². The number of benzene rings is 9. The minimum absolute atomic E-state index is 0.121. The van der Waals surface area contributed by atoms with Crippen LogP contribution in [0.4, 0.5) is 17.1 Å². The van der Waals surface area contributed by atoms with Crippen LogP contribution in [0.15, 0.2) is 211 Å². The van der Waals surface area contributed by atoms with E-state index < -0.39 is 0 Å². The van der Waals surface area contributed by atoms with Crippen LogP contribution in [-0.2, 0) is 5.41 Å². The van der Waals surface area contributed by atoms with Gasteiger partial charge in [0.05, 0.1) is 11.0 Å². The number of para-hydroxylation sites is 3. The average Bonchev–Trinajstić information content (AvgIpc) is 3.92. The van der Waals surface area contributed by atoms with Gasteiger partial charge in [0.2, 0.25) is 0 Å². The van der Waals surface area contributed by atoms with Crippen LogP contribution >= 0.6 is 0 Å². The Labute approximate surface area is 349 Å². The Morgan fingerprint density at radius 2 is 1.00 bits per heavy atom. The third-order valence-corrected chi connectivity index (χ3v) is 12.8. The molecule has 2 aromatic heterocycles. The molecule has 284 valence electrons. The third kappa shape index (κ3) is 5.29. The van der Waals surface area contributed by atoms with Crippen LogP contribution in [0.25, 0.3) is 82.8 Å². The van der Waals surface area contributed by atoms with E-state index in [-0.39, 0.29) is 5.41 Å². The van der Waals surface area contributed by atoms with Gasteiger partial charge < -0.3 is 13.9 Å². The molecule has 0 atom stereocenters. The summed E-state index contributed by atoms with van der Waals surface area (Å²) >= 11 is 0. The lowest BCUT2D eigenvalue weighted by atomic mass is 9.82. The molecule has 0 saturated heterocycles. The van der Waals surface area contributed by atoms with E-state index in [0.717, 1.165) is 50.1 Å². The summed E-state index contributed by atoms with van der Waals surface area (Å²) in [5.41, 5.74) is 18.6. The van der Waals surface area contributed by atoms with Crippen molar-refractivity contribution < 1.29 is 4.42 Å². The second-order valence-electron chi connectivity index (χ2n) is 16.6. The van der Waals surface area contributed by atoms with Crippen molar-refractivity contribution in [3.63, 3.8) is 0 Å². The second kappa shape index (κ2) is 13.2. The normalized spacial score (nSPS) is 13.0. The first kappa shape index (κ1) is 34.4. The number of aromatic nitrogens is 1. The number of nitrogens with zero attached hydrogens (tertiary/aromatic N) is 2. The zero-order valence-electron chi connectivity index (χ0n) is 33.4. The Morgan fingerprint density at radius 1 is 0.383 bits per heavy atom. The van der Waals surface area contributed by atoms with Crippen LogP contribution in [0.3, 0.4) is 0 Å². The van der Waals surface area contributed by atoms with Crippen molar-refractivity contribution in [3.05, 3.63) is 217 Å². The highest BCUT2D eigenvalue weighted by molar-refractivity contribution is 6.10. The molecule has 0 saturated carbocycles. The molecule has 1 aliphatic carbocycles. The molecule has 0 fully saturated rings. The molecule has 0 radical (unpaired) electrons. The lowest BCUT2D eigenvalue weighted by molar-refractivity contribution is 0.660. The number of hydrogen-bond donors (Lipinski definition) is 0. The molecule has 9 aromatic carbocycles. The summed E-state index contributed by atoms with van der Waals surface area (Å²) in [6.07, 6.45) is 0. The number of anilines is 3. The van der Waals surface area contributed by atoms with Crippen molar-refractivity contribution in [1.29, 1.82) is 0 Å². The van der Waals surface area contributed by atoms with E-state index in [1.807, 2.05) is 12.1 Å². The maximum atomic E-state index is 6.19. The second-order valence-corrected chi connectivity index (χ2v) is 16.6. The zero-order valence-corrected chi connectivity index (χ0v) is 33.4. The van der Waals surface area contributed by atoms with Gasteiger partial charge in [-0.15, -0.1) is 0 Å². The highest BCUT2D eigenvalue weighted by atomic mass is 16.3. The van der Waals surface area contributed by atoms with Gasteiger partial charge >= 0.3 is 0 Å². The van der Waals surface area contributed by atoms with Crippen LogP contribution in [0, 0.1) is 0 Å². The van der Waals surface area contributed by atoms with Crippen LogP contribution < -0.4 is 4.90 Å². The fourth-order valence-electron chi connectivity index (χ4n) is 9.82. The van der Waals surface area contributed by atoms with Crippen LogP contribution in [0.1, 0.15) is 25.0 Å². The highest BCUT2D eigenvalue weighted by Gasteiger charge is 2.35. The van der Waals surface area contributed by atoms with Gasteiger partial charge in [0.1, 0.15) is 11.2 Å². The first-order valence-electron chi connectivity index (χ1n) is 20.7. The Kier molecular flexibility index (Phi) is 7.58. The summed E-state index contributed by atoms with van der Waals surface area (Å²) in [6.45, 7) is 4.70. The van der Waals surface area contributed by atoms with E-state index in [9.17, 15) is 0 Å². The van der Waals surface area contributed by atoms with E-state index >= 15 is 0 Å². The molecule has 3 heteroatoms. The molecular formula is C57H40N2O. The summed E-state index contributed by atoms with van der Waals surface area (Å²) in [4.78, 5) is 2.41. The fourth-order valence-corrected chi connectivity index (χ4v) is 9.82. The number of fused-ring (bicyclic) bond motifs is 9. The van der Waals surface area contributed by atoms with Gasteiger partial charge in [-0.3, -0.25) is 0 Å². The number of hydrogen-bond acceptors (Lipinski definition) is 2. The monoisotopic (exact) mass is 768 g/mol. The molecule has 0 spiro atoms. The number of rotatable bonds is 6. The minimum atomic E-state index is -0.121. The molecule has 0 aliphatic heterocycles. The number of furan rings is 1. The van der Waals surface area contributed by atoms with E-state index in [1.165, 1.54) is 60.9 Å². The predicted octanol–water partition coefficient (Wildman–Crippen LogP) is 15.8. The van der Waals surface area contributed by atoms with Crippen molar-refractivity contribution >= 4 is 60.8 Å². The van der Waals surface area contributed by atoms with Crippen LogP contribution in [-0.4, -0.2) is 4.57 Å².